The summed E-state index contributed by atoms with van der Waals surface area (Å²) in [5.74, 6) is 2.69. The summed E-state index contributed by atoms with van der Waals surface area (Å²) in [5.41, 5.74) is 2.30. The lowest BCUT2D eigenvalue weighted by molar-refractivity contribution is -0.118. The standard InChI is InChI=1S/C16H29NO2.C7H8.C6H12.C3H8S/c1-4-6-12-17-15(5-2)16(13(3)18)19-14-10-8-7-9-11-14;1-7-5-3-2-4-6-7;1-5-3-4-6(5)2;1-3(2)4/h14,17H,4-12H2,1-3H3;2-6H,1H3;5-6H,3-4H2,1-2H3;3-4H,1-2H3/b16-15-;;;. The van der Waals surface area contributed by atoms with Crippen LogP contribution < -0.4 is 5.32 Å². The molecule has 208 valence electrons. The van der Waals surface area contributed by atoms with Gasteiger partial charge in [-0.25, -0.2) is 0 Å². The van der Waals surface area contributed by atoms with Crippen LogP contribution in [0.3, 0.4) is 0 Å². The first-order chi connectivity index (χ1) is 17.1. The van der Waals surface area contributed by atoms with Gasteiger partial charge in [0.15, 0.2) is 11.5 Å². The molecule has 2 aliphatic carbocycles. The number of rotatable bonds is 8. The minimum absolute atomic E-state index is 0.0476. The van der Waals surface area contributed by atoms with E-state index in [4.69, 9.17) is 4.74 Å². The lowest BCUT2D eigenvalue weighted by Gasteiger charge is -2.29. The zero-order chi connectivity index (χ0) is 27.3. The minimum Gasteiger partial charge on any atom is -0.485 e. The molecule has 1 N–H and O–H groups in total. The van der Waals surface area contributed by atoms with Crippen LogP contribution in [0.5, 0.6) is 0 Å². The maximum Gasteiger partial charge on any atom is 0.196 e. The molecule has 2 unspecified atom stereocenters. The van der Waals surface area contributed by atoms with Crippen molar-refractivity contribution >= 4 is 18.4 Å². The zero-order valence-electron chi connectivity index (χ0n) is 24.7. The van der Waals surface area contributed by atoms with Crippen molar-refractivity contribution in [3.63, 3.8) is 0 Å². The molecule has 2 fully saturated rings. The molecule has 2 atom stereocenters. The molecule has 3 rings (SSSR count). The average Bonchev–Trinajstić information content (AvgIpc) is 2.86. The van der Waals surface area contributed by atoms with Crippen LogP contribution in [0.15, 0.2) is 41.8 Å². The van der Waals surface area contributed by atoms with Gasteiger partial charge in [-0.1, -0.05) is 103 Å². The Morgan fingerprint density at radius 3 is 1.86 bits per heavy atom. The second-order valence-electron chi connectivity index (χ2n) is 10.7. The summed E-state index contributed by atoms with van der Waals surface area (Å²) >= 11 is 3.97. The summed E-state index contributed by atoms with van der Waals surface area (Å²) in [6.07, 6.45) is 12.2. The van der Waals surface area contributed by atoms with E-state index in [9.17, 15) is 4.79 Å². The fraction of sp³-hybridized carbons (Fsp3) is 0.719. The number of carbonyl (C=O) groups is 1. The van der Waals surface area contributed by atoms with Crippen LogP contribution in [0.1, 0.15) is 118 Å². The summed E-state index contributed by atoms with van der Waals surface area (Å²) < 4.78 is 6.00. The summed E-state index contributed by atoms with van der Waals surface area (Å²) in [6.45, 7) is 17.6. The molecule has 0 aliphatic heterocycles. The predicted molar refractivity (Wildman–Crippen MR) is 162 cm³/mol. The maximum atomic E-state index is 11.8. The Labute approximate surface area is 229 Å². The summed E-state index contributed by atoms with van der Waals surface area (Å²) in [4.78, 5) is 11.8. The fourth-order valence-electron chi connectivity index (χ4n) is 3.87. The number of allylic oxidation sites excluding steroid dienone is 2. The lowest BCUT2D eigenvalue weighted by atomic mass is 9.77. The van der Waals surface area contributed by atoms with Crippen molar-refractivity contribution in [1.29, 1.82) is 0 Å². The molecule has 1 aromatic rings. The molecule has 0 saturated heterocycles. The number of hydrogen-bond acceptors (Lipinski definition) is 4. The summed E-state index contributed by atoms with van der Waals surface area (Å²) in [5, 5.41) is 3.90. The van der Waals surface area contributed by atoms with Gasteiger partial charge < -0.3 is 10.1 Å². The highest BCUT2D eigenvalue weighted by atomic mass is 32.1. The van der Waals surface area contributed by atoms with E-state index in [1.807, 2.05) is 32.0 Å². The van der Waals surface area contributed by atoms with Gasteiger partial charge in [0.25, 0.3) is 0 Å². The van der Waals surface area contributed by atoms with Crippen LogP contribution in [0.2, 0.25) is 0 Å². The number of ether oxygens (including phenoxy) is 1. The molecule has 0 amide bonds. The van der Waals surface area contributed by atoms with Crippen LogP contribution in [-0.2, 0) is 9.53 Å². The number of Topliss-reactive ketones (excluding diaryl/α,β-unsaturated/α-hetero) is 1. The van der Waals surface area contributed by atoms with E-state index in [0.29, 0.717) is 11.0 Å². The quantitative estimate of drug-likeness (QED) is 0.155. The first-order valence-electron chi connectivity index (χ1n) is 14.5. The molecular weight excluding hydrogens is 462 g/mol. The van der Waals surface area contributed by atoms with Crippen molar-refractivity contribution in [3.8, 4) is 0 Å². The highest BCUT2D eigenvalue weighted by Gasteiger charge is 2.21. The Kier molecular flexibility index (Phi) is 20.8. The van der Waals surface area contributed by atoms with Crippen LogP contribution in [0.4, 0.5) is 0 Å². The molecule has 36 heavy (non-hydrogen) atoms. The molecule has 4 heteroatoms. The number of benzene rings is 1. The molecule has 1 aromatic carbocycles. The number of nitrogens with one attached hydrogen (secondary N) is 1. The summed E-state index contributed by atoms with van der Waals surface area (Å²) in [6, 6.07) is 10.3. The Balaban J connectivity index is 0.000000578. The van der Waals surface area contributed by atoms with Crippen molar-refractivity contribution in [2.45, 2.75) is 131 Å². The van der Waals surface area contributed by atoms with E-state index >= 15 is 0 Å². The molecule has 3 nitrogen and oxygen atoms in total. The van der Waals surface area contributed by atoms with Crippen molar-refractivity contribution in [2.75, 3.05) is 6.54 Å². The van der Waals surface area contributed by atoms with Crippen molar-refractivity contribution in [2.24, 2.45) is 11.8 Å². The van der Waals surface area contributed by atoms with E-state index in [1.54, 1.807) is 6.92 Å². The molecule has 2 aliphatic rings. The summed E-state index contributed by atoms with van der Waals surface area (Å²) in [7, 11) is 0. The van der Waals surface area contributed by atoms with Gasteiger partial charge in [0, 0.05) is 13.5 Å². The van der Waals surface area contributed by atoms with E-state index in [1.165, 1.54) is 37.7 Å². The largest absolute Gasteiger partial charge is 0.485 e. The number of unbranched alkanes of at least 4 members (excludes halogenated alkanes) is 1. The van der Waals surface area contributed by atoms with Gasteiger partial charge in [0.05, 0.1) is 11.8 Å². The third-order valence-corrected chi connectivity index (χ3v) is 6.64. The smallest absolute Gasteiger partial charge is 0.196 e. The van der Waals surface area contributed by atoms with Gasteiger partial charge >= 0.3 is 0 Å². The molecule has 0 radical (unpaired) electrons. The van der Waals surface area contributed by atoms with Crippen molar-refractivity contribution in [1.82, 2.24) is 5.32 Å². The highest BCUT2D eigenvalue weighted by molar-refractivity contribution is 7.80. The van der Waals surface area contributed by atoms with E-state index in [-0.39, 0.29) is 11.9 Å². The molecular formula is C32H57NO2S. The Morgan fingerprint density at radius 1 is 1.00 bits per heavy atom. The number of hydrogen-bond donors (Lipinski definition) is 2. The average molecular weight is 520 g/mol. The third kappa shape index (κ3) is 17.9. The highest BCUT2D eigenvalue weighted by Crippen LogP contribution is 2.32. The van der Waals surface area contributed by atoms with Gasteiger partial charge in [-0.05, 0) is 62.5 Å². The van der Waals surface area contributed by atoms with Gasteiger partial charge in [-0.2, -0.15) is 12.6 Å². The van der Waals surface area contributed by atoms with Crippen LogP contribution in [0.25, 0.3) is 0 Å². The van der Waals surface area contributed by atoms with Gasteiger partial charge in [-0.3, -0.25) is 4.79 Å². The number of thiol groups is 1. The fourth-order valence-corrected chi connectivity index (χ4v) is 3.87. The lowest BCUT2D eigenvalue weighted by Crippen LogP contribution is -2.24. The second-order valence-corrected chi connectivity index (χ2v) is 11.7. The topological polar surface area (TPSA) is 38.3 Å². The van der Waals surface area contributed by atoms with Crippen molar-refractivity contribution < 1.29 is 9.53 Å². The molecule has 0 spiro atoms. The normalized spacial score (nSPS) is 19.6. The minimum atomic E-state index is 0.0476. The van der Waals surface area contributed by atoms with Gasteiger partial charge in [0.1, 0.15) is 0 Å². The first kappa shape index (κ1) is 34.6. The van der Waals surface area contributed by atoms with Gasteiger partial charge in [-0.15, -0.1) is 0 Å². The van der Waals surface area contributed by atoms with Crippen LogP contribution in [-0.4, -0.2) is 23.7 Å². The predicted octanol–water partition coefficient (Wildman–Crippen LogP) is 9.31. The van der Waals surface area contributed by atoms with E-state index < -0.39 is 0 Å². The van der Waals surface area contributed by atoms with Crippen molar-refractivity contribution in [3.05, 3.63) is 47.4 Å². The molecule has 0 heterocycles. The molecule has 2 saturated carbocycles. The SMILES string of the molecule is CC(C)S.CC1CCC1C.CCCCN/C(CC)=C(\OC1CCCCC1)C(C)=O.Cc1ccccc1. The van der Waals surface area contributed by atoms with E-state index in [0.717, 1.165) is 56.2 Å². The number of carbonyl (C=O) groups excluding carboxylic acids is 1. The maximum absolute atomic E-state index is 11.8. The zero-order valence-corrected chi connectivity index (χ0v) is 25.6. The van der Waals surface area contributed by atoms with E-state index in [2.05, 4.69) is 64.7 Å². The molecule has 0 bridgehead atoms. The third-order valence-electron chi connectivity index (χ3n) is 6.64. The second kappa shape index (κ2) is 21.6. The molecule has 0 aromatic heterocycles. The van der Waals surface area contributed by atoms with Crippen LogP contribution >= 0.6 is 12.6 Å². The monoisotopic (exact) mass is 519 g/mol. The number of aryl methyl sites for hydroxylation is 1. The van der Waals surface area contributed by atoms with Crippen LogP contribution in [0, 0.1) is 18.8 Å². The Morgan fingerprint density at radius 2 is 1.53 bits per heavy atom. The number of ketones is 1. The van der Waals surface area contributed by atoms with Gasteiger partial charge in [0.2, 0.25) is 0 Å². The first-order valence-corrected chi connectivity index (χ1v) is 15.0. The Hall–Kier alpha value is -1.42. The Bertz CT molecular complexity index is 685.